The highest BCUT2D eigenvalue weighted by atomic mass is 28.4. The molecule has 1 aliphatic heterocycles. The fourth-order valence-corrected chi connectivity index (χ4v) is 3.45. The van der Waals surface area contributed by atoms with Crippen LogP contribution in [0.25, 0.3) is 10.4 Å². The van der Waals surface area contributed by atoms with Crippen molar-refractivity contribution in [3.63, 3.8) is 0 Å². The highest BCUT2D eigenvalue weighted by molar-refractivity contribution is 6.74. The number of hydrogen-bond acceptors (Lipinski definition) is 4. The largest absolute Gasteiger partial charge is 0.412 e. The zero-order chi connectivity index (χ0) is 17.0. The summed E-state index contributed by atoms with van der Waals surface area (Å²) in [6, 6.07) is -1.05. The normalized spacial score (nSPS) is 30.8. The predicted octanol–water partition coefficient (Wildman–Crippen LogP) is 2.72. The summed E-state index contributed by atoms with van der Waals surface area (Å²) in [5.74, 6) is 0. The molecular formula is C13H26BN3O3Si. The van der Waals surface area contributed by atoms with Crippen molar-refractivity contribution < 1.29 is 14.3 Å². The molecule has 1 heterocycles. The van der Waals surface area contributed by atoms with Crippen LogP contribution in [0.2, 0.25) is 18.1 Å². The number of azide groups is 1. The van der Waals surface area contributed by atoms with Gasteiger partial charge in [0.2, 0.25) is 1.43 Å². The first-order chi connectivity index (χ1) is 10.1. The Morgan fingerprint density at radius 1 is 1.52 bits per heavy atom. The summed E-state index contributed by atoms with van der Waals surface area (Å²) < 4.78 is 18.8. The van der Waals surface area contributed by atoms with Crippen LogP contribution in [0.15, 0.2) is 5.11 Å². The lowest BCUT2D eigenvalue weighted by molar-refractivity contribution is 0.0551. The van der Waals surface area contributed by atoms with E-state index in [4.69, 9.17) is 24.0 Å². The van der Waals surface area contributed by atoms with Crippen LogP contribution in [0.1, 0.15) is 33.6 Å². The minimum absolute atomic E-state index is 0.0325. The third kappa shape index (κ3) is 4.47. The summed E-state index contributed by atoms with van der Waals surface area (Å²) in [4.78, 5) is 2.93. The Hall–Kier alpha value is -0.528. The van der Waals surface area contributed by atoms with Crippen molar-refractivity contribution in [1.29, 1.82) is 1.43 Å². The van der Waals surface area contributed by atoms with E-state index in [-0.39, 0.29) is 11.1 Å². The molecule has 0 aromatic heterocycles. The molecule has 0 aliphatic carbocycles. The maximum absolute atomic E-state index is 8.84. The first kappa shape index (κ1) is 16.8. The van der Waals surface area contributed by atoms with Crippen LogP contribution in [0.4, 0.5) is 0 Å². The molecule has 2 radical (unpaired) electrons. The summed E-state index contributed by atoms with van der Waals surface area (Å²) in [7, 11) is 4.02. The second kappa shape index (κ2) is 7.16. The van der Waals surface area contributed by atoms with E-state index in [0.717, 1.165) is 0 Å². The Bertz CT molecular complexity index is 416. The van der Waals surface area contributed by atoms with Gasteiger partial charge in [0.15, 0.2) is 8.32 Å². The van der Waals surface area contributed by atoms with Crippen molar-refractivity contribution >= 4 is 16.2 Å². The molecule has 0 aromatic carbocycles. The van der Waals surface area contributed by atoms with Crippen LogP contribution < -0.4 is 0 Å². The fraction of sp³-hybridized carbons (Fsp3) is 1.00. The second-order valence-electron chi connectivity index (χ2n) is 7.02. The minimum Gasteiger partial charge on any atom is -0.412 e. The number of hydrogen-bond donors (Lipinski definition) is 1. The summed E-state index contributed by atoms with van der Waals surface area (Å²) in [6.07, 6.45) is 0.535. The van der Waals surface area contributed by atoms with Gasteiger partial charge >= 0.3 is 0 Å². The molecule has 0 bridgehead atoms. The van der Waals surface area contributed by atoms with Crippen molar-refractivity contribution in [2.75, 3.05) is 6.61 Å². The van der Waals surface area contributed by atoms with Crippen LogP contribution in [0, 0.1) is 0 Å². The Balaban J connectivity index is 2.85. The highest BCUT2D eigenvalue weighted by Crippen LogP contribution is 2.40. The summed E-state index contributed by atoms with van der Waals surface area (Å²) in [5.41, 5.74) is 8.84. The third-order valence-corrected chi connectivity index (χ3v) is 8.90. The molecule has 21 heavy (non-hydrogen) atoms. The molecule has 1 unspecified atom stereocenters. The quantitative estimate of drug-likeness (QED) is 0.258. The van der Waals surface area contributed by atoms with Gasteiger partial charge in [0.1, 0.15) is 7.85 Å². The smallest absolute Gasteiger partial charge is 0.210 e. The zero-order valence-corrected chi connectivity index (χ0v) is 14.6. The van der Waals surface area contributed by atoms with Crippen molar-refractivity contribution in [3.05, 3.63) is 10.4 Å². The van der Waals surface area contributed by atoms with Gasteiger partial charge in [-0.1, -0.05) is 25.9 Å². The number of rotatable bonds is 7. The Labute approximate surface area is 130 Å². The van der Waals surface area contributed by atoms with Crippen LogP contribution in [0.5, 0.6) is 0 Å². The molecule has 1 fully saturated rings. The minimum atomic E-state index is -2.05. The molecule has 1 aliphatic rings. The van der Waals surface area contributed by atoms with Crippen LogP contribution >= 0.6 is 0 Å². The molecule has 0 amide bonds. The zero-order valence-electron chi connectivity index (χ0n) is 14.6. The van der Waals surface area contributed by atoms with E-state index in [0.29, 0.717) is 19.4 Å². The van der Waals surface area contributed by atoms with E-state index < -0.39 is 26.5 Å². The topological polar surface area (TPSA) is 87.5 Å². The average molecular weight is 313 g/mol. The van der Waals surface area contributed by atoms with Gasteiger partial charge < -0.3 is 14.3 Å². The van der Waals surface area contributed by atoms with Gasteiger partial charge in [-0.15, -0.1) is 0 Å². The number of nitrogens with zero attached hydrogens (tertiary/aromatic N) is 3. The van der Waals surface area contributed by atoms with Crippen molar-refractivity contribution in [2.45, 2.75) is 76.0 Å². The molecule has 1 saturated heterocycles. The lowest BCUT2D eigenvalue weighted by Crippen LogP contribution is -2.49. The van der Waals surface area contributed by atoms with Crippen LogP contribution in [-0.4, -0.2) is 53.6 Å². The second-order valence-corrected chi connectivity index (χ2v) is 11.8. The van der Waals surface area contributed by atoms with Gasteiger partial charge in [-0.25, -0.2) is 0 Å². The number of aliphatic hydroxyl groups is 1. The first-order valence-electron chi connectivity index (χ1n) is 7.76. The van der Waals surface area contributed by atoms with Gasteiger partial charge in [-0.3, -0.25) is 0 Å². The standard InChI is InChI=1S/C13H26BN3O3Si/c1-13(2,3)21(4,5)20-11-10(16-17-15)9(7-6-8-18)19-12(11)14/h9-12,18H,6-8H2,1-5H3/t9-,10+,11?,12-/m1/s1/i18T. The molecular weight excluding hydrogens is 285 g/mol. The Morgan fingerprint density at radius 3 is 2.71 bits per heavy atom. The highest BCUT2D eigenvalue weighted by Gasteiger charge is 2.47. The molecule has 0 spiro atoms. The lowest BCUT2D eigenvalue weighted by Gasteiger charge is -2.40. The average Bonchev–Trinajstić information content (AvgIpc) is 2.66. The van der Waals surface area contributed by atoms with Gasteiger partial charge in [0.25, 0.3) is 0 Å². The van der Waals surface area contributed by atoms with Crippen molar-refractivity contribution in [1.82, 2.24) is 0 Å². The van der Waals surface area contributed by atoms with Gasteiger partial charge in [-0.05, 0) is 36.5 Å². The molecule has 118 valence electrons. The van der Waals surface area contributed by atoms with Crippen molar-refractivity contribution in [3.8, 4) is 0 Å². The van der Waals surface area contributed by atoms with Crippen molar-refractivity contribution in [2.24, 2.45) is 5.11 Å². The van der Waals surface area contributed by atoms with Gasteiger partial charge in [0, 0.05) is 17.5 Å². The molecule has 4 atom stereocenters. The monoisotopic (exact) mass is 313 g/mol. The number of aliphatic hydroxyl groups excluding tert-OH is 1. The van der Waals surface area contributed by atoms with E-state index in [1.165, 1.54) is 0 Å². The first-order valence-corrected chi connectivity index (χ1v) is 10.3. The molecule has 0 saturated carbocycles. The van der Waals surface area contributed by atoms with Crippen LogP contribution in [-0.2, 0) is 9.16 Å². The molecule has 0 aromatic rings. The number of ether oxygens (including phenoxy) is 1. The maximum Gasteiger partial charge on any atom is 0.210 e. The van der Waals surface area contributed by atoms with E-state index in [1.54, 1.807) is 0 Å². The van der Waals surface area contributed by atoms with Crippen LogP contribution in [0.3, 0.4) is 0 Å². The van der Waals surface area contributed by atoms with E-state index >= 15 is 0 Å². The molecule has 1 rings (SSSR count). The van der Waals surface area contributed by atoms with E-state index in [9.17, 15) is 0 Å². The van der Waals surface area contributed by atoms with Gasteiger partial charge in [0.05, 0.1) is 18.2 Å². The summed E-state index contributed by atoms with van der Waals surface area (Å²) in [6.45, 7) is 11.0. The molecule has 6 nitrogen and oxygen atoms in total. The predicted molar refractivity (Wildman–Crippen MR) is 85.7 cm³/mol. The molecule has 8 heteroatoms. The maximum atomic E-state index is 8.84. The summed E-state index contributed by atoms with van der Waals surface area (Å²) in [5, 5.41) is 8.21. The fourth-order valence-electron chi connectivity index (χ4n) is 2.14. The lowest BCUT2D eigenvalue weighted by atomic mass is 9.91. The Kier molecular flexibility index (Phi) is 5.74. The van der Waals surface area contributed by atoms with E-state index in [1.807, 2.05) is 0 Å². The molecule has 1 N–H and O–H groups in total. The SMILES string of the molecule is [3H]OCCC[C@H]1O[C@@H]([B])C(O[Si](C)(C)C(C)(C)C)[C@H]1N=[N+]=[N-]. The third-order valence-electron chi connectivity index (χ3n) is 4.43. The summed E-state index contributed by atoms with van der Waals surface area (Å²) >= 11 is 0. The van der Waals surface area contributed by atoms with Gasteiger partial charge in [-0.2, -0.15) is 0 Å². The van der Waals surface area contributed by atoms with E-state index in [2.05, 4.69) is 49.0 Å². The Morgan fingerprint density at radius 2 is 2.19 bits per heavy atom.